The minimum absolute atomic E-state index is 0.132. The largest absolute Gasteiger partial charge is 0.451 e. The zero-order valence-electron chi connectivity index (χ0n) is 11.0. The molecule has 2 rings (SSSR count). The highest BCUT2D eigenvalue weighted by Gasteiger charge is 2.27. The molecule has 0 aliphatic rings. The molecule has 0 saturated carbocycles. The minimum Gasteiger partial charge on any atom is -0.451 e. The van der Waals surface area contributed by atoms with Gasteiger partial charge in [-0.25, -0.2) is 0 Å². The summed E-state index contributed by atoms with van der Waals surface area (Å²) in [7, 11) is 0. The topological polar surface area (TPSA) is 53.9 Å². The molecule has 3 nitrogen and oxygen atoms in total. The van der Waals surface area contributed by atoms with E-state index < -0.39 is 0 Å². The molecule has 2 aromatic carbocycles. The zero-order valence-corrected chi connectivity index (χ0v) is 11.0. The Labute approximate surface area is 113 Å². The number of benzene rings is 2. The van der Waals surface area contributed by atoms with Gasteiger partial charge in [-0.3, -0.25) is 4.79 Å². The fraction of sp³-hybridized carbons (Fsp3) is 0.188. The van der Waals surface area contributed by atoms with E-state index in [0.29, 0.717) is 0 Å². The first-order valence-corrected chi connectivity index (χ1v) is 6.28. The van der Waals surface area contributed by atoms with Gasteiger partial charge in [-0.05, 0) is 5.56 Å². The van der Waals surface area contributed by atoms with Crippen molar-refractivity contribution in [2.45, 2.75) is 19.1 Å². The standard InChI is InChI=1S/C16H17NO2/c1-12(18)19-16(14-10-6-3-7-11-14)15(17)13-8-4-2-5-9-13/h2-11,15-16H,17H2,1H3/p+1/t15-,16-/m1/s1. The van der Waals surface area contributed by atoms with E-state index in [1.54, 1.807) is 0 Å². The van der Waals surface area contributed by atoms with Gasteiger partial charge in [0.25, 0.3) is 0 Å². The lowest BCUT2D eigenvalue weighted by atomic mass is 9.96. The number of ether oxygens (including phenoxy) is 1. The molecule has 3 N–H and O–H groups in total. The second-order valence-electron chi connectivity index (χ2n) is 4.46. The maximum Gasteiger partial charge on any atom is 0.303 e. The van der Waals surface area contributed by atoms with Crippen LogP contribution in [0.15, 0.2) is 60.7 Å². The van der Waals surface area contributed by atoms with Gasteiger partial charge in [0, 0.05) is 12.5 Å². The third-order valence-corrected chi connectivity index (χ3v) is 3.01. The summed E-state index contributed by atoms with van der Waals surface area (Å²) in [6, 6.07) is 19.5. The molecule has 0 fully saturated rings. The molecule has 2 atom stereocenters. The summed E-state index contributed by atoms with van der Waals surface area (Å²) in [6.45, 7) is 1.42. The Morgan fingerprint density at radius 2 is 1.42 bits per heavy atom. The summed E-state index contributed by atoms with van der Waals surface area (Å²) in [5, 5.41) is 0. The lowest BCUT2D eigenvalue weighted by Gasteiger charge is -2.21. The molecule has 0 aliphatic heterocycles. The summed E-state index contributed by atoms with van der Waals surface area (Å²) in [5.41, 5.74) is 6.17. The van der Waals surface area contributed by atoms with E-state index in [4.69, 9.17) is 4.74 Å². The average molecular weight is 256 g/mol. The first-order chi connectivity index (χ1) is 9.18. The van der Waals surface area contributed by atoms with Gasteiger partial charge in [0.05, 0.1) is 0 Å². The predicted octanol–water partition coefficient (Wildman–Crippen LogP) is 2.27. The van der Waals surface area contributed by atoms with Crippen molar-refractivity contribution in [1.82, 2.24) is 0 Å². The van der Waals surface area contributed by atoms with Crippen LogP contribution in [-0.2, 0) is 9.53 Å². The van der Waals surface area contributed by atoms with Crippen molar-refractivity contribution in [2.24, 2.45) is 0 Å². The van der Waals surface area contributed by atoms with Crippen LogP contribution >= 0.6 is 0 Å². The van der Waals surface area contributed by atoms with E-state index >= 15 is 0 Å². The predicted molar refractivity (Wildman–Crippen MR) is 73.0 cm³/mol. The SMILES string of the molecule is CC(=O)O[C@H](c1ccccc1)[C@H]([NH3+])c1ccccc1. The molecule has 0 unspecified atom stereocenters. The van der Waals surface area contributed by atoms with Crippen LogP contribution in [0.1, 0.15) is 30.2 Å². The Morgan fingerprint density at radius 1 is 0.947 bits per heavy atom. The molecular weight excluding hydrogens is 238 g/mol. The highest BCUT2D eigenvalue weighted by molar-refractivity contribution is 5.66. The number of carbonyl (C=O) groups is 1. The monoisotopic (exact) mass is 256 g/mol. The molecule has 0 spiro atoms. The van der Waals surface area contributed by atoms with Gasteiger partial charge in [-0.2, -0.15) is 0 Å². The molecule has 3 heteroatoms. The third-order valence-electron chi connectivity index (χ3n) is 3.01. The Hall–Kier alpha value is -2.13. The van der Waals surface area contributed by atoms with Crippen LogP contribution in [0.3, 0.4) is 0 Å². The smallest absolute Gasteiger partial charge is 0.303 e. The van der Waals surface area contributed by atoms with E-state index in [0.717, 1.165) is 11.1 Å². The summed E-state index contributed by atoms with van der Waals surface area (Å²) in [5.74, 6) is -0.293. The van der Waals surface area contributed by atoms with Gasteiger partial charge in [-0.1, -0.05) is 60.7 Å². The van der Waals surface area contributed by atoms with Gasteiger partial charge in [0.15, 0.2) is 12.1 Å². The second kappa shape index (κ2) is 6.16. The Kier molecular flexibility index (Phi) is 4.31. The van der Waals surface area contributed by atoms with Crippen LogP contribution in [0.2, 0.25) is 0 Å². The Morgan fingerprint density at radius 3 is 1.89 bits per heavy atom. The van der Waals surface area contributed by atoms with Crippen LogP contribution < -0.4 is 5.73 Å². The maximum absolute atomic E-state index is 11.3. The summed E-state index contributed by atoms with van der Waals surface area (Å²) < 4.78 is 5.45. The van der Waals surface area contributed by atoms with E-state index in [1.165, 1.54) is 6.92 Å². The second-order valence-corrected chi connectivity index (χ2v) is 4.46. The van der Waals surface area contributed by atoms with Gasteiger partial charge in [0.1, 0.15) is 0 Å². The summed E-state index contributed by atoms with van der Waals surface area (Å²) in [4.78, 5) is 11.3. The number of quaternary nitrogens is 1. The first-order valence-electron chi connectivity index (χ1n) is 6.28. The molecule has 0 radical (unpaired) electrons. The van der Waals surface area contributed by atoms with Crippen LogP contribution in [0, 0.1) is 0 Å². The summed E-state index contributed by atoms with van der Waals surface area (Å²) in [6.07, 6.45) is -0.360. The Bertz CT molecular complexity index is 525. The van der Waals surface area contributed by atoms with Gasteiger partial charge < -0.3 is 10.5 Å². The molecule has 2 aromatic rings. The molecule has 0 heterocycles. The highest BCUT2D eigenvalue weighted by Crippen LogP contribution is 2.28. The van der Waals surface area contributed by atoms with Gasteiger partial charge in [0.2, 0.25) is 0 Å². The first kappa shape index (κ1) is 13.3. The van der Waals surface area contributed by atoms with Crippen molar-refractivity contribution in [3.63, 3.8) is 0 Å². The van der Waals surface area contributed by atoms with Crippen molar-refractivity contribution >= 4 is 5.97 Å². The lowest BCUT2D eigenvalue weighted by molar-refractivity contribution is -0.446. The molecule has 0 bridgehead atoms. The lowest BCUT2D eigenvalue weighted by Crippen LogP contribution is -2.56. The third kappa shape index (κ3) is 3.42. The number of rotatable bonds is 4. The number of hydrogen-bond acceptors (Lipinski definition) is 2. The molecule has 0 aliphatic carbocycles. The van der Waals surface area contributed by atoms with Crippen LogP contribution in [0.5, 0.6) is 0 Å². The van der Waals surface area contributed by atoms with Gasteiger partial charge in [-0.15, -0.1) is 0 Å². The maximum atomic E-state index is 11.3. The highest BCUT2D eigenvalue weighted by atomic mass is 16.5. The van der Waals surface area contributed by atoms with E-state index in [-0.39, 0.29) is 18.1 Å². The quantitative estimate of drug-likeness (QED) is 0.853. The molecule has 0 aromatic heterocycles. The van der Waals surface area contributed by atoms with Crippen molar-refractivity contribution in [2.75, 3.05) is 0 Å². The Balaban J connectivity index is 2.30. The van der Waals surface area contributed by atoms with E-state index in [9.17, 15) is 4.79 Å². The van der Waals surface area contributed by atoms with E-state index in [2.05, 4.69) is 5.73 Å². The minimum atomic E-state index is -0.360. The van der Waals surface area contributed by atoms with Crippen molar-refractivity contribution in [3.05, 3.63) is 71.8 Å². The van der Waals surface area contributed by atoms with Gasteiger partial charge >= 0.3 is 5.97 Å². The number of carbonyl (C=O) groups excluding carboxylic acids is 1. The van der Waals surface area contributed by atoms with Crippen LogP contribution in [-0.4, -0.2) is 5.97 Å². The van der Waals surface area contributed by atoms with Crippen LogP contribution in [0.4, 0.5) is 0 Å². The fourth-order valence-electron chi connectivity index (χ4n) is 2.08. The van der Waals surface area contributed by atoms with Crippen molar-refractivity contribution in [3.8, 4) is 0 Å². The molecule has 0 saturated heterocycles. The summed E-state index contributed by atoms with van der Waals surface area (Å²) >= 11 is 0. The van der Waals surface area contributed by atoms with Crippen molar-refractivity contribution in [1.29, 1.82) is 0 Å². The van der Waals surface area contributed by atoms with Crippen LogP contribution in [0.25, 0.3) is 0 Å². The zero-order chi connectivity index (χ0) is 13.7. The normalized spacial score (nSPS) is 13.6. The fourth-order valence-corrected chi connectivity index (χ4v) is 2.08. The average Bonchev–Trinajstić information content (AvgIpc) is 2.46. The van der Waals surface area contributed by atoms with Crippen molar-refractivity contribution < 1.29 is 15.3 Å². The number of hydrogen-bond donors (Lipinski definition) is 1. The molecule has 98 valence electrons. The van der Waals surface area contributed by atoms with E-state index in [1.807, 2.05) is 60.7 Å². The molecule has 19 heavy (non-hydrogen) atoms. The molecule has 0 amide bonds. The number of esters is 1. The molecular formula is C16H18NO2+.